The van der Waals surface area contributed by atoms with Crippen molar-refractivity contribution in [3.8, 4) is 11.3 Å². The van der Waals surface area contributed by atoms with E-state index in [0.29, 0.717) is 17.5 Å². The minimum absolute atomic E-state index is 0.233. The number of benzene rings is 1. The van der Waals surface area contributed by atoms with Gasteiger partial charge in [-0.2, -0.15) is 0 Å². The topological polar surface area (TPSA) is 63.8 Å². The summed E-state index contributed by atoms with van der Waals surface area (Å²) < 4.78 is 25.8. The highest BCUT2D eigenvalue weighted by molar-refractivity contribution is 7.11. The summed E-state index contributed by atoms with van der Waals surface area (Å²) in [5.41, 5.74) is 12.7. The number of allylic oxidation sites excluding steroid dienone is 4. The van der Waals surface area contributed by atoms with Gasteiger partial charge in [0.1, 0.15) is 10.7 Å². The number of rotatable bonds is 13. The van der Waals surface area contributed by atoms with Crippen LogP contribution in [0.1, 0.15) is 76.1 Å². The van der Waals surface area contributed by atoms with E-state index in [4.69, 9.17) is 22.3 Å². The summed E-state index contributed by atoms with van der Waals surface area (Å²) in [6.45, 7) is 9.30. The molecule has 8 heteroatoms. The molecular formula is C30H37ClF2N4S. The minimum atomic E-state index is -2.58. The number of aryl methyl sites for hydroxylation is 1. The Kier molecular flexibility index (Phi) is 11.4. The van der Waals surface area contributed by atoms with Crippen molar-refractivity contribution >= 4 is 34.2 Å². The maximum absolute atomic E-state index is 12.9. The maximum atomic E-state index is 12.9. The van der Waals surface area contributed by atoms with Crippen LogP contribution in [0.5, 0.6) is 0 Å². The Balaban J connectivity index is 1.99. The lowest BCUT2D eigenvalue weighted by atomic mass is 9.97. The number of hydrogen-bond donors (Lipinski definition) is 2. The molecule has 204 valence electrons. The molecule has 1 aromatic carbocycles. The number of aromatic nitrogens is 2. The molecule has 3 N–H and O–H groups in total. The fourth-order valence-corrected chi connectivity index (χ4v) is 5.15. The molecule has 0 unspecified atom stereocenters. The van der Waals surface area contributed by atoms with Gasteiger partial charge in [0.15, 0.2) is 0 Å². The maximum Gasteiger partial charge on any atom is 0.280 e. The number of hydrogen-bond acceptors (Lipinski definition) is 5. The third kappa shape index (κ3) is 8.45. The van der Waals surface area contributed by atoms with Gasteiger partial charge in [-0.25, -0.2) is 13.8 Å². The Labute approximate surface area is 234 Å². The van der Waals surface area contributed by atoms with Crippen molar-refractivity contribution in [1.82, 2.24) is 9.97 Å². The van der Waals surface area contributed by atoms with Crippen LogP contribution < -0.4 is 11.1 Å². The van der Waals surface area contributed by atoms with Crippen LogP contribution >= 0.6 is 22.9 Å². The second-order valence-electron chi connectivity index (χ2n) is 9.77. The highest BCUT2D eigenvalue weighted by Gasteiger charge is 2.14. The van der Waals surface area contributed by atoms with Crippen LogP contribution in [0.2, 0.25) is 5.02 Å². The van der Waals surface area contributed by atoms with E-state index in [1.54, 1.807) is 6.07 Å². The van der Waals surface area contributed by atoms with Gasteiger partial charge < -0.3 is 11.1 Å². The molecule has 3 rings (SSSR count). The van der Waals surface area contributed by atoms with E-state index >= 15 is 0 Å². The van der Waals surface area contributed by atoms with Crippen molar-refractivity contribution in [3.05, 3.63) is 80.5 Å². The Bertz CT molecular complexity index is 1250. The molecule has 0 radical (unpaired) electrons. The third-order valence-electron chi connectivity index (χ3n) is 6.18. The standard InChI is InChI=1S/C30H37ClF2N4S/c1-5-21-9-11-24(31)16-27(21)36-26(14-19(2)3)22(8-6-7-13-34)15-20(4)30-37-28(18-38-30)23-10-12-25(29(32)33)35-17-23/h9-12,15-19,29,36H,5-8,13-14,34H2,1-4H3/b20-15+,26-22-. The summed E-state index contributed by atoms with van der Waals surface area (Å²) in [5.74, 6) is 0.454. The largest absolute Gasteiger partial charge is 0.358 e. The fourth-order valence-electron chi connectivity index (χ4n) is 4.17. The SMILES string of the molecule is CCc1ccc(Cl)cc1N/C(CC(C)C)=C(\C=C(/C)c1nc(-c2ccc(C(F)F)nc2)cs1)CCCCN. The molecule has 0 spiro atoms. The van der Waals surface area contributed by atoms with Crippen molar-refractivity contribution < 1.29 is 8.78 Å². The van der Waals surface area contributed by atoms with Gasteiger partial charge in [-0.05, 0) is 92.5 Å². The third-order valence-corrected chi connectivity index (χ3v) is 7.39. The average Bonchev–Trinajstić information content (AvgIpc) is 3.38. The van der Waals surface area contributed by atoms with Crippen molar-refractivity contribution in [2.24, 2.45) is 11.7 Å². The van der Waals surface area contributed by atoms with Crippen LogP contribution in [0.25, 0.3) is 16.8 Å². The van der Waals surface area contributed by atoms with Gasteiger partial charge in [-0.1, -0.05) is 44.5 Å². The molecule has 3 aromatic rings. The van der Waals surface area contributed by atoms with Gasteiger partial charge in [0.2, 0.25) is 0 Å². The summed E-state index contributed by atoms with van der Waals surface area (Å²) >= 11 is 7.89. The molecule has 38 heavy (non-hydrogen) atoms. The van der Waals surface area contributed by atoms with Gasteiger partial charge in [0.25, 0.3) is 6.43 Å². The highest BCUT2D eigenvalue weighted by atomic mass is 35.5. The number of pyridine rings is 1. The molecule has 4 nitrogen and oxygen atoms in total. The Morgan fingerprint density at radius 3 is 2.61 bits per heavy atom. The number of thiazole rings is 1. The zero-order chi connectivity index (χ0) is 27.7. The van der Waals surface area contributed by atoms with Crippen LogP contribution in [0.3, 0.4) is 0 Å². The number of nitrogens with zero attached hydrogens (tertiary/aromatic N) is 2. The van der Waals surface area contributed by atoms with Crippen molar-refractivity contribution in [1.29, 1.82) is 0 Å². The highest BCUT2D eigenvalue weighted by Crippen LogP contribution is 2.31. The predicted octanol–water partition coefficient (Wildman–Crippen LogP) is 9.30. The van der Waals surface area contributed by atoms with Gasteiger partial charge in [-0.3, -0.25) is 4.98 Å². The summed E-state index contributed by atoms with van der Waals surface area (Å²) in [5, 5.41) is 7.26. The lowest BCUT2D eigenvalue weighted by Gasteiger charge is -2.20. The van der Waals surface area contributed by atoms with Crippen LogP contribution in [0.4, 0.5) is 14.5 Å². The molecule has 0 aliphatic carbocycles. The summed E-state index contributed by atoms with van der Waals surface area (Å²) in [7, 11) is 0. The summed E-state index contributed by atoms with van der Waals surface area (Å²) in [6, 6.07) is 9.00. The van der Waals surface area contributed by atoms with E-state index in [1.807, 2.05) is 17.5 Å². The van der Waals surface area contributed by atoms with E-state index in [0.717, 1.165) is 59.6 Å². The van der Waals surface area contributed by atoms with E-state index < -0.39 is 6.43 Å². The smallest absolute Gasteiger partial charge is 0.280 e. The first-order valence-electron chi connectivity index (χ1n) is 13.1. The molecule has 0 amide bonds. The van der Waals surface area contributed by atoms with Gasteiger partial charge in [0, 0.05) is 33.5 Å². The zero-order valence-corrected chi connectivity index (χ0v) is 24.1. The first-order valence-corrected chi connectivity index (χ1v) is 14.3. The van der Waals surface area contributed by atoms with Gasteiger partial charge >= 0.3 is 0 Å². The fraction of sp³-hybridized carbons (Fsp3) is 0.400. The molecule has 0 atom stereocenters. The number of halogens is 3. The second kappa shape index (κ2) is 14.5. The van der Waals surface area contributed by atoms with E-state index in [-0.39, 0.29) is 5.69 Å². The Morgan fingerprint density at radius 2 is 1.97 bits per heavy atom. The number of nitrogens with two attached hydrogens (primary N) is 1. The monoisotopic (exact) mass is 558 g/mol. The number of nitrogens with one attached hydrogen (secondary N) is 1. The van der Waals surface area contributed by atoms with Gasteiger partial charge in [0.05, 0.1) is 5.69 Å². The molecule has 0 saturated carbocycles. The molecule has 0 saturated heterocycles. The number of anilines is 1. The quantitative estimate of drug-likeness (QED) is 0.162. The van der Waals surface area contributed by atoms with Crippen molar-refractivity contribution in [3.63, 3.8) is 0 Å². The summed E-state index contributed by atoms with van der Waals surface area (Å²) in [4.78, 5) is 8.66. The Hall–Kier alpha value is -2.61. The van der Waals surface area contributed by atoms with E-state index in [2.05, 4.69) is 50.1 Å². The van der Waals surface area contributed by atoms with Crippen LogP contribution in [0, 0.1) is 5.92 Å². The van der Waals surface area contributed by atoms with Crippen molar-refractivity contribution in [2.75, 3.05) is 11.9 Å². The molecule has 0 fully saturated rings. The number of alkyl halides is 2. The molecular weight excluding hydrogens is 522 g/mol. The van der Waals surface area contributed by atoms with Crippen LogP contribution in [-0.4, -0.2) is 16.5 Å². The van der Waals surface area contributed by atoms with E-state index in [1.165, 1.54) is 40.4 Å². The second-order valence-corrected chi connectivity index (χ2v) is 11.1. The number of unbranched alkanes of at least 4 members (excludes halogenated alkanes) is 1. The van der Waals surface area contributed by atoms with E-state index in [9.17, 15) is 8.78 Å². The molecule has 0 aliphatic heterocycles. The summed E-state index contributed by atoms with van der Waals surface area (Å²) in [6.07, 6.45) is 5.72. The Morgan fingerprint density at radius 1 is 1.18 bits per heavy atom. The van der Waals surface area contributed by atoms with Crippen LogP contribution in [0.15, 0.2) is 59.3 Å². The molecule has 0 aliphatic rings. The normalized spacial score (nSPS) is 12.8. The molecule has 2 heterocycles. The lowest BCUT2D eigenvalue weighted by Crippen LogP contribution is -2.09. The predicted molar refractivity (Wildman–Crippen MR) is 158 cm³/mol. The van der Waals surface area contributed by atoms with Crippen LogP contribution in [-0.2, 0) is 6.42 Å². The zero-order valence-electron chi connectivity index (χ0n) is 22.5. The lowest BCUT2D eigenvalue weighted by molar-refractivity contribution is 0.146. The molecule has 2 aromatic heterocycles. The minimum Gasteiger partial charge on any atom is -0.358 e. The first-order chi connectivity index (χ1) is 18.2. The average molecular weight is 559 g/mol. The first kappa shape index (κ1) is 29.9. The van der Waals surface area contributed by atoms with Crippen molar-refractivity contribution in [2.45, 2.75) is 66.2 Å². The van der Waals surface area contributed by atoms with Gasteiger partial charge in [-0.15, -0.1) is 11.3 Å². The molecule has 0 bridgehead atoms.